The number of aromatic carboxylic acids is 1. The van der Waals surface area contributed by atoms with Gasteiger partial charge in [-0.15, -0.1) is 0 Å². The van der Waals surface area contributed by atoms with Crippen LogP contribution in [-0.2, 0) is 22.6 Å². The summed E-state index contributed by atoms with van der Waals surface area (Å²) in [6.07, 6.45) is 0.132. The number of aryl methyl sites for hydroxylation is 1. The van der Waals surface area contributed by atoms with E-state index in [1.54, 1.807) is 38.3 Å². The number of amides is 1. The Morgan fingerprint density at radius 3 is 2.59 bits per heavy atom. The number of hydrogen-bond acceptors (Lipinski definition) is 8. The van der Waals surface area contributed by atoms with Crippen LogP contribution in [-0.4, -0.2) is 59.5 Å². The predicted octanol–water partition coefficient (Wildman–Crippen LogP) is 2.86. The van der Waals surface area contributed by atoms with E-state index in [4.69, 9.17) is 25.1 Å². The Hall–Kier alpha value is -3.89. The Kier molecular flexibility index (Phi) is 8.90. The molecule has 37 heavy (non-hydrogen) atoms. The van der Waals surface area contributed by atoms with Gasteiger partial charge >= 0.3 is 5.97 Å². The van der Waals surface area contributed by atoms with Crippen molar-refractivity contribution in [1.82, 2.24) is 10.3 Å². The number of nitrogen functional groups attached to an aromatic ring is 1. The quantitative estimate of drug-likeness (QED) is 0.269. The van der Waals surface area contributed by atoms with E-state index in [1.807, 2.05) is 26.0 Å². The van der Waals surface area contributed by atoms with Crippen LogP contribution in [0.1, 0.15) is 41.0 Å². The lowest BCUT2D eigenvalue weighted by molar-refractivity contribution is -0.122. The number of methoxy groups -OCH3 is 1. The number of nitrogens with zero attached hydrogens (tertiary/aromatic N) is 1. The molecule has 0 fully saturated rings. The first-order valence-corrected chi connectivity index (χ1v) is 11.8. The van der Waals surface area contributed by atoms with Crippen molar-refractivity contribution >= 4 is 28.5 Å². The predicted molar refractivity (Wildman–Crippen MR) is 139 cm³/mol. The van der Waals surface area contributed by atoms with E-state index in [-0.39, 0.29) is 50.0 Å². The molecule has 3 rings (SSSR count). The van der Waals surface area contributed by atoms with Gasteiger partial charge in [0.2, 0.25) is 5.91 Å². The molecule has 0 aliphatic rings. The third-order valence-corrected chi connectivity index (χ3v) is 5.68. The lowest BCUT2D eigenvalue weighted by Gasteiger charge is -2.27. The first-order chi connectivity index (χ1) is 17.6. The summed E-state index contributed by atoms with van der Waals surface area (Å²) < 4.78 is 16.8. The normalized spacial score (nSPS) is 11.4. The number of rotatable bonds is 12. The average Bonchev–Trinajstić information content (AvgIpc) is 2.82. The fourth-order valence-corrected chi connectivity index (χ4v) is 4.03. The highest BCUT2D eigenvalue weighted by Gasteiger charge is 2.24. The summed E-state index contributed by atoms with van der Waals surface area (Å²) >= 11 is 0. The summed E-state index contributed by atoms with van der Waals surface area (Å²) in [5.41, 5.74) is 7.89. The first-order valence-electron chi connectivity index (χ1n) is 11.8. The number of carboxylic acids is 1. The molecule has 0 unspecified atom stereocenters. The smallest absolute Gasteiger partial charge is 0.339 e. The molecule has 0 bridgehead atoms. The van der Waals surface area contributed by atoms with Crippen LogP contribution in [0.5, 0.6) is 11.5 Å². The molecule has 0 saturated carbocycles. The summed E-state index contributed by atoms with van der Waals surface area (Å²) in [5, 5.41) is 21.9. The minimum Gasteiger partial charge on any atom is -0.496 e. The molecule has 0 spiro atoms. The summed E-state index contributed by atoms with van der Waals surface area (Å²) in [5.74, 6) is -0.340. The number of carbonyl (C=O) groups excluding carboxylic acids is 1. The molecule has 1 aromatic heterocycles. The molecule has 0 aliphatic carbocycles. The van der Waals surface area contributed by atoms with Gasteiger partial charge in [0, 0.05) is 5.56 Å². The Balaban J connectivity index is 1.71. The molecule has 10 nitrogen and oxygen atoms in total. The topological polar surface area (TPSA) is 153 Å². The number of hydrogen-bond donors (Lipinski definition) is 4. The third-order valence-electron chi connectivity index (χ3n) is 5.68. The van der Waals surface area contributed by atoms with Gasteiger partial charge in [-0.25, -0.2) is 4.79 Å². The van der Waals surface area contributed by atoms with E-state index in [1.165, 1.54) is 0 Å². The Morgan fingerprint density at radius 1 is 1.16 bits per heavy atom. The second kappa shape index (κ2) is 11.9. The zero-order chi connectivity index (χ0) is 27.2. The minimum absolute atomic E-state index is 0.0586. The van der Waals surface area contributed by atoms with Gasteiger partial charge in [-0.05, 0) is 50.6 Å². The molecular formula is C27H33N3O7. The van der Waals surface area contributed by atoms with Crippen molar-refractivity contribution in [2.75, 3.05) is 32.7 Å². The summed E-state index contributed by atoms with van der Waals surface area (Å²) in [6.45, 7) is 5.74. The molecule has 0 aliphatic heterocycles. The SMILES string of the molecule is COc1ccc(CC(=O)NC(C)(C)COc2cccc3nc(C)c(C(=O)O)c(N)c23)cc1COCCO. The van der Waals surface area contributed by atoms with Gasteiger partial charge < -0.3 is 35.5 Å². The largest absolute Gasteiger partial charge is 0.496 e. The molecule has 3 aromatic rings. The number of aliphatic hydroxyl groups is 1. The van der Waals surface area contributed by atoms with E-state index in [0.29, 0.717) is 28.1 Å². The van der Waals surface area contributed by atoms with Crippen LogP contribution in [0.3, 0.4) is 0 Å². The highest BCUT2D eigenvalue weighted by Crippen LogP contribution is 2.33. The maximum Gasteiger partial charge on any atom is 0.339 e. The Morgan fingerprint density at radius 2 is 1.92 bits per heavy atom. The molecular weight excluding hydrogens is 478 g/mol. The highest BCUT2D eigenvalue weighted by molar-refractivity contribution is 6.06. The number of fused-ring (bicyclic) bond motifs is 1. The van der Waals surface area contributed by atoms with E-state index < -0.39 is 11.5 Å². The number of carboxylic acid groups (broad SMARTS) is 1. The molecule has 198 valence electrons. The zero-order valence-corrected chi connectivity index (χ0v) is 21.5. The second-order valence-electron chi connectivity index (χ2n) is 9.26. The number of nitrogens with two attached hydrogens (primary N) is 1. The third kappa shape index (κ3) is 6.87. The van der Waals surface area contributed by atoms with E-state index in [2.05, 4.69) is 10.3 Å². The number of aliphatic hydroxyl groups excluding tert-OH is 1. The van der Waals surface area contributed by atoms with Crippen LogP contribution in [0, 0.1) is 6.92 Å². The lowest BCUT2D eigenvalue weighted by Crippen LogP contribution is -2.48. The van der Waals surface area contributed by atoms with Crippen molar-refractivity contribution in [3.63, 3.8) is 0 Å². The van der Waals surface area contributed by atoms with Crippen molar-refractivity contribution in [3.8, 4) is 11.5 Å². The number of anilines is 1. The minimum atomic E-state index is -1.16. The van der Waals surface area contributed by atoms with Gasteiger partial charge in [0.1, 0.15) is 23.7 Å². The van der Waals surface area contributed by atoms with Gasteiger partial charge in [-0.2, -0.15) is 0 Å². The maximum atomic E-state index is 12.8. The molecule has 1 amide bonds. The van der Waals surface area contributed by atoms with Crippen LogP contribution < -0.4 is 20.5 Å². The molecule has 1 heterocycles. The van der Waals surface area contributed by atoms with Gasteiger partial charge in [0.05, 0.1) is 61.2 Å². The van der Waals surface area contributed by atoms with Crippen LogP contribution >= 0.6 is 0 Å². The van der Waals surface area contributed by atoms with Crippen molar-refractivity contribution in [3.05, 3.63) is 58.8 Å². The second-order valence-corrected chi connectivity index (χ2v) is 9.26. The van der Waals surface area contributed by atoms with E-state index >= 15 is 0 Å². The Bertz CT molecular complexity index is 1290. The highest BCUT2D eigenvalue weighted by atomic mass is 16.5. The maximum absolute atomic E-state index is 12.8. The van der Waals surface area contributed by atoms with Crippen LogP contribution in [0.4, 0.5) is 5.69 Å². The van der Waals surface area contributed by atoms with Crippen LogP contribution in [0.2, 0.25) is 0 Å². The summed E-state index contributed by atoms with van der Waals surface area (Å²) in [7, 11) is 1.56. The van der Waals surface area contributed by atoms with Crippen molar-refractivity contribution < 1.29 is 34.0 Å². The van der Waals surface area contributed by atoms with Crippen molar-refractivity contribution in [1.29, 1.82) is 0 Å². The first kappa shape index (κ1) is 27.7. The molecule has 0 saturated heterocycles. The van der Waals surface area contributed by atoms with Crippen LogP contribution in [0.25, 0.3) is 10.9 Å². The number of nitrogens with one attached hydrogen (secondary N) is 1. The van der Waals surface area contributed by atoms with E-state index in [0.717, 1.165) is 11.1 Å². The summed E-state index contributed by atoms with van der Waals surface area (Å²) in [4.78, 5) is 28.9. The van der Waals surface area contributed by atoms with Gasteiger partial charge in [-0.1, -0.05) is 12.1 Å². The fourth-order valence-electron chi connectivity index (χ4n) is 4.03. The van der Waals surface area contributed by atoms with Gasteiger partial charge in [-0.3, -0.25) is 9.78 Å². The van der Waals surface area contributed by atoms with Gasteiger partial charge in [0.25, 0.3) is 0 Å². The zero-order valence-electron chi connectivity index (χ0n) is 21.5. The molecule has 0 atom stereocenters. The molecule has 0 radical (unpaired) electrons. The number of pyridine rings is 1. The molecule has 5 N–H and O–H groups in total. The average molecular weight is 512 g/mol. The van der Waals surface area contributed by atoms with Crippen molar-refractivity contribution in [2.45, 2.75) is 39.3 Å². The fraction of sp³-hybridized carbons (Fsp3) is 0.370. The Labute approximate surface area is 215 Å². The standard InChI is InChI=1S/C27H33N3O7/c1-16-23(26(33)34)25(28)24-19(29-16)6-5-7-21(24)37-15-27(2,3)30-22(32)13-17-8-9-20(35-4)18(12-17)14-36-11-10-31/h5-9,12,31H,10-11,13-15H2,1-4H3,(H2,28,29)(H,30,32)(H,33,34). The summed E-state index contributed by atoms with van der Waals surface area (Å²) in [6, 6.07) is 10.6. The number of carbonyl (C=O) groups is 2. The van der Waals surface area contributed by atoms with Crippen molar-refractivity contribution in [2.24, 2.45) is 0 Å². The molecule has 2 aromatic carbocycles. The van der Waals surface area contributed by atoms with Gasteiger partial charge in [0.15, 0.2) is 0 Å². The number of ether oxygens (including phenoxy) is 3. The lowest BCUT2D eigenvalue weighted by atomic mass is 10.0. The molecule has 10 heteroatoms. The number of benzene rings is 2. The van der Waals surface area contributed by atoms with Crippen LogP contribution in [0.15, 0.2) is 36.4 Å². The number of aromatic nitrogens is 1. The van der Waals surface area contributed by atoms with E-state index in [9.17, 15) is 14.7 Å². The monoisotopic (exact) mass is 511 g/mol.